The molecule has 1 aliphatic heterocycles. The molecule has 0 saturated carbocycles. The minimum atomic E-state index is -0.917. The van der Waals surface area contributed by atoms with Crippen molar-refractivity contribution in [2.75, 3.05) is 13.2 Å². The summed E-state index contributed by atoms with van der Waals surface area (Å²) in [5.74, 6) is -0.917. The highest BCUT2D eigenvalue weighted by molar-refractivity contribution is 6.22. The standard InChI is InChI=1S/C7H9BO2/c1-3-7(6(2)8)9-4-5-10-7/h3H,1-2,4-5H2. The van der Waals surface area contributed by atoms with Gasteiger partial charge < -0.3 is 9.47 Å². The van der Waals surface area contributed by atoms with Gasteiger partial charge in [0.2, 0.25) is 5.79 Å². The van der Waals surface area contributed by atoms with Crippen molar-refractivity contribution in [2.45, 2.75) is 5.79 Å². The van der Waals surface area contributed by atoms with E-state index in [1.165, 1.54) is 6.08 Å². The Balaban J connectivity index is 2.76. The maximum absolute atomic E-state index is 5.43. The monoisotopic (exact) mass is 136 g/mol. The molecule has 0 N–H and O–H groups in total. The SMILES string of the molecule is [B]C(=C)C1(C=C)OCCO1. The Bertz CT molecular complexity index is 159. The van der Waals surface area contributed by atoms with E-state index in [0.717, 1.165) is 0 Å². The van der Waals surface area contributed by atoms with E-state index in [0.29, 0.717) is 18.7 Å². The second-order valence-corrected chi connectivity index (χ2v) is 2.09. The molecule has 1 aliphatic rings. The molecule has 1 rings (SSSR count). The van der Waals surface area contributed by atoms with Crippen molar-refractivity contribution in [1.82, 2.24) is 0 Å². The third kappa shape index (κ3) is 1.02. The van der Waals surface area contributed by atoms with Gasteiger partial charge in [-0.1, -0.05) is 12.1 Å². The number of ether oxygens (including phenoxy) is 2. The Hall–Kier alpha value is -0.535. The Kier molecular flexibility index (Phi) is 1.97. The summed E-state index contributed by atoms with van der Waals surface area (Å²) in [6.07, 6.45) is 1.52. The molecule has 0 aliphatic carbocycles. The molecule has 3 heteroatoms. The predicted molar refractivity (Wildman–Crippen MR) is 39.7 cm³/mol. The van der Waals surface area contributed by atoms with Gasteiger partial charge in [-0.15, -0.1) is 6.58 Å². The lowest BCUT2D eigenvalue weighted by Gasteiger charge is -2.23. The molecule has 0 aromatic heterocycles. The normalized spacial score (nSPS) is 22.4. The van der Waals surface area contributed by atoms with Crippen LogP contribution in [0.4, 0.5) is 0 Å². The number of rotatable bonds is 2. The zero-order valence-electron chi connectivity index (χ0n) is 5.80. The third-order valence-corrected chi connectivity index (χ3v) is 1.43. The van der Waals surface area contributed by atoms with Crippen LogP contribution in [-0.2, 0) is 9.47 Å². The molecule has 0 amide bonds. The molecule has 0 aromatic rings. The first kappa shape index (κ1) is 7.57. The summed E-state index contributed by atoms with van der Waals surface area (Å²) in [4.78, 5) is 0. The van der Waals surface area contributed by atoms with Crippen molar-refractivity contribution in [1.29, 1.82) is 0 Å². The first-order valence-electron chi connectivity index (χ1n) is 3.07. The Morgan fingerprint density at radius 3 is 2.20 bits per heavy atom. The van der Waals surface area contributed by atoms with E-state index in [1.807, 2.05) is 0 Å². The van der Waals surface area contributed by atoms with Crippen LogP contribution in [0.3, 0.4) is 0 Å². The zero-order chi connectivity index (χ0) is 7.61. The second-order valence-electron chi connectivity index (χ2n) is 2.09. The van der Waals surface area contributed by atoms with E-state index in [9.17, 15) is 0 Å². The maximum atomic E-state index is 5.43. The molecule has 52 valence electrons. The van der Waals surface area contributed by atoms with E-state index in [2.05, 4.69) is 13.2 Å². The van der Waals surface area contributed by atoms with Crippen LogP contribution < -0.4 is 0 Å². The Labute approximate surface area is 61.9 Å². The average Bonchev–Trinajstić information content (AvgIpc) is 2.35. The third-order valence-electron chi connectivity index (χ3n) is 1.43. The highest BCUT2D eigenvalue weighted by Crippen LogP contribution is 2.25. The van der Waals surface area contributed by atoms with E-state index < -0.39 is 5.79 Å². The quantitative estimate of drug-likeness (QED) is 0.408. The molecule has 1 heterocycles. The predicted octanol–water partition coefficient (Wildman–Crippen LogP) is 0.598. The van der Waals surface area contributed by atoms with Crippen LogP contribution in [0.5, 0.6) is 0 Å². The maximum Gasteiger partial charge on any atom is 0.200 e. The molecule has 2 nitrogen and oxygen atoms in total. The van der Waals surface area contributed by atoms with E-state index >= 15 is 0 Å². The molecule has 0 aromatic carbocycles. The van der Waals surface area contributed by atoms with Gasteiger partial charge in [-0.3, -0.25) is 0 Å². The molecule has 0 bridgehead atoms. The first-order valence-corrected chi connectivity index (χ1v) is 3.07. The van der Waals surface area contributed by atoms with Gasteiger partial charge >= 0.3 is 0 Å². The molecule has 10 heavy (non-hydrogen) atoms. The van der Waals surface area contributed by atoms with E-state index in [-0.39, 0.29) is 0 Å². The lowest BCUT2D eigenvalue weighted by molar-refractivity contribution is -0.0777. The fourth-order valence-electron chi connectivity index (χ4n) is 0.863. The van der Waals surface area contributed by atoms with Gasteiger partial charge in [0.1, 0.15) is 7.85 Å². The van der Waals surface area contributed by atoms with E-state index in [4.69, 9.17) is 17.3 Å². The van der Waals surface area contributed by atoms with Crippen LogP contribution in [0.1, 0.15) is 0 Å². The summed E-state index contributed by atoms with van der Waals surface area (Å²) in [6, 6.07) is 0. The molecular formula is C7H9BO2. The fraction of sp³-hybridized carbons (Fsp3) is 0.429. The number of hydrogen-bond acceptors (Lipinski definition) is 2. The number of hydrogen-bond donors (Lipinski definition) is 0. The summed E-state index contributed by atoms with van der Waals surface area (Å²) >= 11 is 0. The van der Waals surface area contributed by atoms with Crippen LogP contribution in [-0.4, -0.2) is 26.8 Å². The van der Waals surface area contributed by atoms with Crippen LogP contribution >= 0.6 is 0 Å². The topological polar surface area (TPSA) is 18.5 Å². The van der Waals surface area contributed by atoms with Gasteiger partial charge in [0.15, 0.2) is 0 Å². The van der Waals surface area contributed by atoms with Crippen molar-refractivity contribution in [3.05, 3.63) is 24.7 Å². The molecule has 1 fully saturated rings. The van der Waals surface area contributed by atoms with Gasteiger partial charge in [0, 0.05) is 0 Å². The van der Waals surface area contributed by atoms with Crippen molar-refractivity contribution in [3.8, 4) is 0 Å². The van der Waals surface area contributed by atoms with Gasteiger partial charge in [-0.25, -0.2) is 0 Å². The molecule has 0 atom stereocenters. The first-order chi connectivity index (χ1) is 4.71. The van der Waals surface area contributed by atoms with Crippen LogP contribution in [0.25, 0.3) is 0 Å². The summed E-state index contributed by atoms with van der Waals surface area (Å²) in [5, 5.41) is 0. The van der Waals surface area contributed by atoms with Crippen LogP contribution in [0.15, 0.2) is 24.7 Å². The largest absolute Gasteiger partial charge is 0.341 e. The highest BCUT2D eigenvalue weighted by atomic mass is 16.7. The average molecular weight is 136 g/mol. The summed E-state index contributed by atoms with van der Waals surface area (Å²) < 4.78 is 10.4. The minimum absolute atomic E-state index is 0.347. The summed E-state index contributed by atoms with van der Waals surface area (Å²) in [7, 11) is 5.43. The molecule has 1 saturated heterocycles. The van der Waals surface area contributed by atoms with E-state index in [1.54, 1.807) is 0 Å². The van der Waals surface area contributed by atoms with Crippen LogP contribution in [0, 0.1) is 0 Å². The summed E-state index contributed by atoms with van der Waals surface area (Å²) in [6.45, 7) is 8.17. The Morgan fingerprint density at radius 2 is 2.00 bits per heavy atom. The lowest BCUT2D eigenvalue weighted by Crippen LogP contribution is -2.29. The molecular weight excluding hydrogens is 127 g/mol. The fourth-order valence-corrected chi connectivity index (χ4v) is 0.863. The highest BCUT2D eigenvalue weighted by Gasteiger charge is 2.33. The van der Waals surface area contributed by atoms with Crippen LogP contribution in [0.2, 0.25) is 0 Å². The second kappa shape index (κ2) is 2.60. The van der Waals surface area contributed by atoms with Crippen molar-refractivity contribution in [2.24, 2.45) is 0 Å². The lowest BCUT2D eigenvalue weighted by atomic mass is 9.89. The van der Waals surface area contributed by atoms with Gasteiger partial charge in [-0.2, -0.15) is 0 Å². The molecule has 0 unspecified atom stereocenters. The van der Waals surface area contributed by atoms with Crippen molar-refractivity contribution >= 4 is 7.85 Å². The zero-order valence-corrected chi connectivity index (χ0v) is 5.80. The van der Waals surface area contributed by atoms with Gasteiger partial charge in [0.05, 0.1) is 13.2 Å². The molecule has 0 spiro atoms. The van der Waals surface area contributed by atoms with Gasteiger partial charge in [-0.05, 0) is 6.08 Å². The van der Waals surface area contributed by atoms with Crippen molar-refractivity contribution in [3.63, 3.8) is 0 Å². The minimum Gasteiger partial charge on any atom is -0.341 e. The molecule has 2 radical (unpaired) electrons. The van der Waals surface area contributed by atoms with Gasteiger partial charge in [0.25, 0.3) is 0 Å². The smallest absolute Gasteiger partial charge is 0.200 e. The summed E-state index contributed by atoms with van der Waals surface area (Å²) in [5.41, 5.74) is 0.347. The Morgan fingerprint density at radius 1 is 1.50 bits per heavy atom. The van der Waals surface area contributed by atoms with Crippen molar-refractivity contribution < 1.29 is 9.47 Å².